The number of pyridine rings is 1. The van der Waals surface area contributed by atoms with Crippen LogP contribution in [0.4, 0.5) is 0 Å². The molecule has 0 aliphatic carbocycles. The van der Waals surface area contributed by atoms with Gasteiger partial charge >= 0.3 is 0 Å². The molecular weight excluding hydrogens is 276 g/mol. The molecule has 0 aromatic carbocycles. The first-order valence-electron chi connectivity index (χ1n) is 7.92. The summed E-state index contributed by atoms with van der Waals surface area (Å²) < 4.78 is 2.32. The van der Waals surface area contributed by atoms with E-state index in [9.17, 15) is 4.79 Å². The highest BCUT2D eigenvalue weighted by Crippen LogP contribution is 2.30. The van der Waals surface area contributed by atoms with Gasteiger partial charge in [0, 0.05) is 55.4 Å². The molecule has 5 nitrogen and oxygen atoms in total. The first-order valence-corrected chi connectivity index (χ1v) is 7.92. The highest BCUT2D eigenvalue weighted by molar-refractivity contribution is 5.75. The van der Waals surface area contributed by atoms with Crippen molar-refractivity contribution in [3.63, 3.8) is 0 Å². The Bertz CT molecular complexity index is 642. The Hall–Kier alpha value is -2.17. The summed E-state index contributed by atoms with van der Waals surface area (Å²) in [5.74, 6) is 1.26. The average Bonchev–Trinajstić information content (AvgIpc) is 2.96. The van der Waals surface area contributed by atoms with Gasteiger partial charge in [0.1, 0.15) is 5.82 Å². The first-order chi connectivity index (χ1) is 10.7. The maximum atomic E-state index is 11.8. The van der Waals surface area contributed by atoms with Crippen LogP contribution in [-0.4, -0.2) is 38.4 Å². The molecule has 1 fully saturated rings. The predicted octanol–water partition coefficient (Wildman–Crippen LogP) is 2.83. The lowest BCUT2D eigenvalue weighted by atomic mass is 10.0. The van der Waals surface area contributed by atoms with Gasteiger partial charge in [0.25, 0.3) is 0 Å². The van der Waals surface area contributed by atoms with Gasteiger partial charge in [-0.25, -0.2) is 4.98 Å². The lowest BCUT2D eigenvalue weighted by Gasteiger charge is -2.33. The number of likely N-dealkylation sites (tertiary alicyclic amines) is 1. The van der Waals surface area contributed by atoms with Crippen molar-refractivity contribution in [2.75, 3.05) is 13.1 Å². The molecule has 3 heterocycles. The van der Waals surface area contributed by atoms with Crippen LogP contribution in [0.15, 0.2) is 30.7 Å². The quantitative estimate of drug-likeness (QED) is 0.875. The Morgan fingerprint density at radius 1 is 1.27 bits per heavy atom. The van der Waals surface area contributed by atoms with Gasteiger partial charge in [-0.05, 0) is 31.9 Å². The molecule has 5 heteroatoms. The molecule has 2 aromatic rings. The Balaban J connectivity index is 1.82. The van der Waals surface area contributed by atoms with Crippen LogP contribution >= 0.6 is 0 Å². The second-order valence-corrected chi connectivity index (χ2v) is 5.79. The van der Waals surface area contributed by atoms with Gasteiger partial charge in [0.05, 0.1) is 0 Å². The summed E-state index contributed by atoms with van der Waals surface area (Å²) in [6.07, 6.45) is 8.09. The highest BCUT2D eigenvalue weighted by atomic mass is 16.2. The number of hydrogen-bond acceptors (Lipinski definition) is 3. The summed E-state index contributed by atoms with van der Waals surface area (Å²) >= 11 is 0. The predicted molar refractivity (Wildman–Crippen MR) is 85.3 cm³/mol. The van der Waals surface area contributed by atoms with E-state index in [1.54, 1.807) is 12.4 Å². The molecule has 0 bridgehead atoms. The molecule has 1 aliphatic heterocycles. The van der Waals surface area contributed by atoms with E-state index in [2.05, 4.69) is 21.5 Å². The fourth-order valence-electron chi connectivity index (χ4n) is 3.22. The fraction of sp³-hybridized carbons (Fsp3) is 0.471. The number of amides is 1. The largest absolute Gasteiger partial charge is 0.343 e. The van der Waals surface area contributed by atoms with Crippen LogP contribution < -0.4 is 0 Å². The molecule has 1 saturated heterocycles. The molecule has 0 radical (unpaired) electrons. The average molecular weight is 298 g/mol. The minimum Gasteiger partial charge on any atom is -0.343 e. The van der Waals surface area contributed by atoms with E-state index >= 15 is 0 Å². The summed E-state index contributed by atoms with van der Waals surface area (Å²) in [6.45, 7) is 5.70. The Morgan fingerprint density at radius 3 is 2.59 bits per heavy atom. The zero-order valence-electron chi connectivity index (χ0n) is 13.2. The second kappa shape index (κ2) is 6.30. The van der Waals surface area contributed by atoms with Crippen molar-refractivity contribution in [1.82, 2.24) is 19.4 Å². The lowest BCUT2D eigenvalue weighted by Crippen LogP contribution is -2.38. The monoisotopic (exact) mass is 298 g/mol. The van der Waals surface area contributed by atoms with Crippen LogP contribution in [0.1, 0.15) is 37.9 Å². The molecule has 0 atom stereocenters. The molecule has 116 valence electrons. The van der Waals surface area contributed by atoms with Gasteiger partial charge in [-0.1, -0.05) is 6.92 Å². The first kappa shape index (κ1) is 14.8. The van der Waals surface area contributed by atoms with E-state index in [1.165, 1.54) is 5.69 Å². The molecule has 22 heavy (non-hydrogen) atoms. The van der Waals surface area contributed by atoms with Gasteiger partial charge in [-0.2, -0.15) is 0 Å². The number of piperidine rings is 1. The summed E-state index contributed by atoms with van der Waals surface area (Å²) in [4.78, 5) is 22.5. The zero-order chi connectivity index (χ0) is 15.5. The molecule has 0 N–H and O–H groups in total. The highest BCUT2D eigenvalue weighted by Gasteiger charge is 2.25. The van der Waals surface area contributed by atoms with Crippen molar-refractivity contribution >= 4 is 5.91 Å². The van der Waals surface area contributed by atoms with Gasteiger partial charge in [-0.15, -0.1) is 0 Å². The SMILES string of the molecule is CCC(=O)N1CCC(n2c(C)cnc2-c2ccncc2)CC1. The Morgan fingerprint density at radius 2 is 1.95 bits per heavy atom. The van der Waals surface area contributed by atoms with Crippen LogP contribution in [0.5, 0.6) is 0 Å². The number of aromatic nitrogens is 3. The van der Waals surface area contributed by atoms with Gasteiger partial charge in [0.2, 0.25) is 5.91 Å². The van der Waals surface area contributed by atoms with Crippen molar-refractivity contribution in [1.29, 1.82) is 0 Å². The maximum Gasteiger partial charge on any atom is 0.222 e. The van der Waals surface area contributed by atoms with Crippen LogP contribution in [0.3, 0.4) is 0 Å². The van der Waals surface area contributed by atoms with Crippen molar-refractivity contribution < 1.29 is 4.79 Å². The summed E-state index contributed by atoms with van der Waals surface area (Å²) in [5.41, 5.74) is 2.27. The Kier molecular flexibility index (Phi) is 4.22. The third-order valence-electron chi connectivity index (χ3n) is 4.41. The lowest BCUT2D eigenvalue weighted by molar-refractivity contribution is -0.132. The van der Waals surface area contributed by atoms with E-state index in [1.807, 2.05) is 30.2 Å². The van der Waals surface area contributed by atoms with Crippen LogP contribution in [0.25, 0.3) is 11.4 Å². The maximum absolute atomic E-state index is 11.8. The van der Waals surface area contributed by atoms with E-state index in [0.717, 1.165) is 37.3 Å². The molecule has 2 aromatic heterocycles. The van der Waals surface area contributed by atoms with Gasteiger partial charge < -0.3 is 9.47 Å². The number of carbonyl (C=O) groups excluding carboxylic acids is 1. The van der Waals surface area contributed by atoms with E-state index < -0.39 is 0 Å². The number of hydrogen-bond donors (Lipinski definition) is 0. The standard InChI is InChI=1S/C17H22N4O/c1-3-16(22)20-10-6-15(7-11-20)21-13(2)12-19-17(21)14-4-8-18-9-5-14/h4-5,8-9,12,15H,3,6-7,10-11H2,1-2H3. The number of rotatable bonds is 3. The minimum atomic E-state index is 0.259. The van der Waals surface area contributed by atoms with Crippen LogP contribution in [-0.2, 0) is 4.79 Å². The molecule has 0 saturated carbocycles. The normalized spacial score (nSPS) is 16.0. The van der Waals surface area contributed by atoms with Crippen LogP contribution in [0, 0.1) is 6.92 Å². The fourth-order valence-corrected chi connectivity index (χ4v) is 3.22. The van der Waals surface area contributed by atoms with Crippen molar-refractivity contribution in [2.45, 2.75) is 39.2 Å². The third-order valence-corrected chi connectivity index (χ3v) is 4.41. The summed E-state index contributed by atoms with van der Waals surface area (Å²) in [7, 11) is 0. The van der Waals surface area contributed by atoms with E-state index in [4.69, 9.17) is 0 Å². The van der Waals surface area contributed by atoms with E-state index in [-0.39, 0.29) is 5.91 Å². The zero-order valence-corrected chi connectivity index (χ0v) is 13.2. The number of carbonyl (C=O) groups is 1. The van der Waals surface area contributed by atoms with Crippen LogP contribution in [0.2, 0.25) is 0 Å². The number of aryl methyl sites for hydroxylation is 1. The summed E-state index contributed by atoms with van der Waals surface area (Å²) in [5, 5.41) is 0. The molecule has 0 spiro atoms. The molecule has 1 aliphatic rings. The smallest absolute Gasteiger partial charge is 0.222 e. The van der Waals surface area contributed by atoms with Gasteiger partial charge in [-0.3, -0.25) is 9.78 Å². The van der Waals surface area contributed by atoms with Crippen molar-refractivity contribution in [3.05, 3.63) is 36.4 Å². The third kappa shape index (κ3) is 2.75. The molecular formula is C17H22N4O. The van der Waals surface area contributed by atoms with Gasteiger partial charge in [0.15, 0.2) is 0 Å². The number of imidazole rings is 1. The summed E-state index contributed by atoms with van der Waals surface area (Å²) in [6, 6.07) is 4.40. The van der Waals surface area contributed by atoms with E-state index in [0.29, 0.717) is 12.5 Å². The minimum absolute atomic E-state index is 0.259. The second-order valence-electron chi connectivity index (χ2n) is 5.79. The Labute approximate surface area is 131 Å². The van der Waals surface area contributed by atoms with Crippen molar-refractivity contribution in [3.8, 4) is 11.4 Å². The topological polar surface area (TPSA) is 51.0 Å². The molecule has 1 amide bonds. The number of nitrogens with zero attached hydrogens (tertiary/aromatic N) is 4. The molecule has 0 unspecified atom stereocenters. The molecule has 3 rings (SSSR count). The van der Waals surface area contributed by atoms with Crippen molar-refractivity contribution in [2.24, 2.45) is 0 Å².